The number of aliphatic hydroxyl groups is 2. The molecule has 12 heteroatoms. The smallest absolute Gasteiger partial charge is 0.348 e. The van der Waals surface area contributed by atoms with E-state index in [1.54, 1.807) is 0 Å². The number of carbonyl (C=O) groups excluding carboxylic acids is 2. The maximum atomic E-state index is 12.3. The lowest BCUT2D eigenvalue weighted by molar-refractivity contribution is -0.207. The highest BCUT2D eigenvalue weighted by Crippen LogP contribution is 2.35. The molecule has 1 aliphatic carbocycles. The van der Waals surface area contributed by atoms with E-state index >= 15 is 0 Å². The second-order valence-corrected chi connectivity index (χ2v) is 8.33. The molecule has 0 saturated heterocycles. The quantitative estimate of drug-likeness (QED) is 0.156. The summed E-state index contributed by atoms with van der Waals surface area (Å²) in [5, 5.41) is 68.3. The second-order valence-electron chi connectivity index (χ2n) is 8.33. The monoisotopic (exact) mass is 516 g/mol. The van der Waals surface area contributed by atoms with Gasteiger partial charge in [-0.15, -0.1) is 0 Å². The zero-order chi connectivity index (χ0) is 27.3. The van der Waals surface area contributed by atoms with Crippen molar-refractivity contribution in [2.75, 3.05) is 0 Å². The van der Waals surface area contributed by atoms with Crippen LogP contribution in [0.4, 0.5) is 0 Å². The van der Waals surface area contributed by atoms with Crippen LogP contribution < -0.4 is 0 Å². The van der Waals surface area contributed by atoms with Gasteiger partial charge in [-0.25, -0.2) is 14.4 Å². The van der Waals surface area contributed by atoms with Gasteiger partial charge in [-0.05, 0) is 47.5 Å². The van der Waals surface area contributed by atoms with E-state index in [4.69, 9.17) is 9.47 Å². The third kappa shape index (κ3) is 6.57. The molecule has 0 heterocycles. The molecular weight excluding hydrogens is 492 g/mol. The molecule has 0 amide bonds. The first kappa shape index (κ1) is 27.0. The van der Waals surface area contributed by atoms with Crippen LogP contribution in [0.15, 0.2) is 48.6 Å². The summed E-state index contributed by atoms with van der Waals surface area (Å²) in [6.07, 6.45) is -2.07. The number of carboxylic acid groups (broad SMARTS) is 1. The average molecular weight is 516 g/mol. The molecule has 0 spiro atoms. The predicted molar refractivity (Wildman–Crippen MR) is 125 cm³/mol. The maximum absolute atomic E-state index is 12.3. The topological polar surface area (TPSA) is 211 Å². The SMILES string of the molecule is O=C(/C=C\c1ccc(O)c(O)c1)OC1[C@@H](O)CC(OC(=O)/C=C/c2ccc(O)c(O)c2)(C(=O)O)C[C@@H]1O. The molecule has 2 aromatic carbocycles. The molecule has 0 bridgehead atoms. The van der Waals surface area contributed by atoms with Crippen LogP contribution in [0.2, 0.25) is 0 Å². The van der Waals surface area contributed by atoms with E-state index < -0.39 is 66.2 Å². The zero-order valence-corrected chi connectivity index (χ0v) is 19.1. The Hall–Kier alpha value is -4.55. The molecule has 0 aromatic heterocycles. The number of rotatable bonds is 7. The molecule has 7 N–H and O–H groups in total. The summed E-state index contributed by atoms with van der Waals surface area (Å²) in [6.45, 7) is 0. The molecular formula is C25H24O12. The van der Waals surface area contributed by atoms with Crippen LogP contribution in [0.1, 0.15) is 24.0 Å². The number of aliphatic hydroxyl groups excluding tert-OH is 2. The largest absolute Gasteiger partial charge is 0.504 e. The molecule has 2 aromatic rings. The molecule has 1 saturated carbocycles. The van der Waals surface area contributed by atoms with Crippen LogP contribution in [0.25, 0.3) is 12.2 Å². The number of hydrogen-bond acceptors (Lipinski definition) is 11. The van der Waals surface area contributed by atoms with E-state index in [-0.39, 0.29) is 11.5 Å². The lowest BCUT2D eigenvalue weighted by Crippen LogP contribution is -2.58. The van der Waals surface area contributed by atoms with Crippen molar-refractivity contribution < 1.29 is 59.6 Å². The van der Waals surface area contributed by atoms with Crippen LogP contribution in [0.5, 0.6) is 23.0 Å². The molecule has 3 rings (SSSR count). The molecule has 2 atom stereocenters. The molecule has 1 fully saturated rings. The third-order valence-electron chi connectivity index (χ3n) is 5.60. The van der Waals surface area contributed by atoms with Gasteiger partial charge in [-0.1, -0.05) is 12.1 Å². The molecule has 12 nitrogen and oxygen atoms in total. The number of carbonyl (C=O) groups is 3. The van der Waals surface area contributed by atoms with Gasteiger partial charge < -0.3 is 45.2 Å². The first-order chi connectivity index (χ1) is 17.4. The number of ether oxygens (including phenoxy) is 2. The van der Waals surface area contributed by atoms with Crippen LogP contribution >= 0.6 is 0 Å². The Bertz CT molecular complexity index is 1240. The summed E-state index contributed by atoms with van der Waals surface area (Å²) in [6, 6.07) is 7.48. The van der Waals surface area contributed by atoms with Crippen LogP contribution in [-0.4, -0.2) is 77.6 Å². The number of phenolic OH excluding ortho intramolecular Hbond substituents is 4. The van der Waals surface area contributed by atoms with Crippen molar-refractivity contribution in [1.82, 2.24) is 0 Å². The first-order valence-electron chi connectivity index (χ1n) is 10.8. The lowest BCUT2D eigenvalue weighted by Gasteiger charge is -2.41. The van der Waals surface area contributed by atoms with Crippen molar-refractivity contribution >= 4 is 30.1 Å². The number of phenols is 4. The third-order valence-corrected chi connectivity index (χ3v) is 5.60. The van der Waals surface area contributed by atoms with Gasteiger partial charge in [0.25, 0.3) is 0 Å². The number of benzene rings is 2. The molecule has 0 unspecified atom stereocenters. The van der Waals surface area contributed by atoms with Crippen LogP contribution in [0, 0.1) is 0 Å². The van der Waals surface area contributed by atoms with Gasteiger partial charge >= 0.3 is 17.9 Å². The highest BCUT2D eigenvalue weighted by molar-refractivity contribution is 5.91. The second kappa shape index (κ2) is 11.0. The van der Waals surface area contributed by atoms with E-state index in [1.807, 2.05) is 0 Å². The Kier molecular flexibility index (Phi) is 8.05. The number of esters is 2. The lowest BCUT2D eigenvalue weighted by atomic mass is 9.79. The molecule has 0 radical (unpaired) electrons. The zero-order valence-electron chi connectivity index (χ0n) is 19.1. The van der Waals surface area contributed by atoms with Gasteiger partial charge in [0.2, 0.25) is 5.60 Å². The minimum absolute atomic E-state index is 0.294. The Morgan fingerprint density at radius 1 is 0.757 bits per heavy atom. The van der Waals surface area contributed by atoms with Gasteiger partial charge in [0.1, 0.15) is 0 Å². The fraction of sp³-hybridized carbons (Fsp3) is 0.240. The number of aromatic hydroxyl groups is 4. The summed E-state index contributed by atoms with van der Waals surface area (Å²) < 4.78 is 10.1. The van der Waals surface area contributed by atoms with Crippen molar-refractivity contribution in [2.45, 2.75) is 36.8 Å². The summed E-state index contributed by atoms with van der Waals surface area (Å²) in [5.41, 5.74) is -1.69. The normalized spacial score (nSPS) is 23.7. The highest BCUT2D eigenvalue weighted by Gasteiger charge is 2.54. The van der Waals surface area contributed by atoms with Gasteiger partial charge in [0, 0.05) is 25.0 Å². The molecule has 1 aliphatic rings. The van der Waals surface area contributed by atoms with E-state index in [0.717, 1.165) is 18.2 Å². The minimum atomic E-state index is -2.32. The standard InChI is InChI=1S/C25H24O12/c26-15-5-1-13(9-17(15)28)3-7-21(32)36-23-19(30)11-25(24(34)35,12-20(23)31)37-22(33)8-4-14-2-6-16(27)18(29)10-14/h1-10,19-20,23,26-31H,11-12H2,(H,34,35)/b7-3-,8-4+/t19-,20-,23?,25?/m0/s1. The summed E-state index contributed by atoms with van der Waals surface area (Å²) in [5.74, 6) is -5.32. The van der Waals surface area contributed by atoms with Crippen molar-refractivity contribution in [1.29, 1.82) is 0 Å². The van der Waals surface area contributed by atoms with Crippen molar-refractivity contribution in [3.8, 4) is 23.0 Å². The minimum Gasteiger partial charge on any atom is -0.504 e. The summed E-state index contributed by atoms with van der Waals surface area (Å²) in [7, 11) is 0. The predicted octanol–water partition coefficient (Wildman–Crippen LogP) is 1.03. The Morgan fingerprint density at radius 2 is 1.22 bits per heavy atom. The van der Waals surface area contributed by atoms with Gasteiger partial charge in [0.15, 0.2) is 29.1 Å². The van der Waals surface area contributed by atoms with E-state index in [9.17, 15) is 50.1 Å². The van der Waals surface area contributed by atoms with E-state index in [1.165, 1.54) is 42.5 Å². The van der Waals surface area contributed by atoms with Gasteiger partial charge in [-0.3, -0.25) is 0 Å². The van der Waals surface area contributed by atoms with Gasteiger partial charge in [0.05, 0.1) is 12.2 Å². The molecule has 37 heavy (non-hydrogen) atoms. The summed E-state index contributed by atoms with van der Waals surface area (Å²) >= 11 is 0. The van der Waals surface area contributed by atoms with Gasteiger partial charge in [-0.2, -0.15) is 0 Å². The molecule has 0 aliphatic heterocycles. The first-order valence-corrected chi connectivity index (χ1v) is 10.8. The Balaban J connectivity index is 1.66. The number of aliphatic carboxylic acids is 1. The van der Waals surface area contributed by atoms with Crippen LogP contribution in [0.3, 0.4) is 0 Å². The number of hydrogen-bond donors (Lipinski definition) is 7. The summed E-state index contributed by atoms with van der Waals surface area (Å²) in [4.78, 5) is 36.4. The number of carboxylic acids is 1. The fourth-order valence-electron chi connectivity index (χ4n) is 3.72. The maximum Gasteiger partial charge on any atom is 0.348 e. The van der Waals surface area contributed by atoms with E-state index in [2.05, 4.69) is 0 Å². The average Bonchev–Trinajstić information content (AvgIpc) is 2.83. The highest BCUT2D eigenvalue weighted by atomic mass is 16.6. The van der Waals surface area contributed by atoms with E-state index in [0.29, 0.717) is 11.1 Å². The van der Waals surface area contributed by atoms with Crippen molar-refractivity contribution in [3.63, 3.8) is 0 Å². The fourth-order valence-corrected chi connectivity index (χ4v) is 3.72. The Labute approximate surface area is 209 Å². The van der Waals surface area contributed by atoms with Crippen LogP contribution in [-0.2, 0) is 23.9 Å². The Morgan fingerprint density at radius 3 is 1.65 bits per heavy atom. The molecule has 196 valence electrons. The van der Waals surface area contributed by atoms with Crippen molar-refractivity contribution in [3.05, 3.63) is 59.7 Å². The van der Waals surface area contributed by atoms with Crippen molar-refractivity contribution in [2.24, 2.45) is 0 Å².